The summed E-state index contributed by atoms with van der Waals surface area (Å²) in [4.78, 5) is 26.4. The molecule has 0 spiro atoms. The number of fused-ring (bicyclic) bond motifs is 1. The van der Waals surface area contributed by atoms with Crippen LogP contribution in [0.15, 0.2) is 42.5 Å². The van der Waals surface area contributed by atoms with E-state index in [2.05, 4.69) is 10.6 Å². The number of carbonyl (C=O) groups is 2. The normalized spacial score (nSPS) is 14.3. The zero-order valence-corrected chi connectivity index (χ0v) is 15.7. The van der Waals surface area contributed by atoms with Crippen molar-refractivity contribution in [3.63, 3.8) is 0 Å². The van der Waals surface area contributed by atoms with Gasteiger partial charge in [0.15, 0.2) is 0 Å². The third kappa shape index (κ3) is 3.61. The quantitative estimate of drug-likeness (QED) is 0.697. The Bertz CT molecular complexity index is 1050. The first-order valence-electron chi connectivity index (χ1n) is 8.32. The van der Waals surface area contributed by atoms with Crippen LogP contribution in [0.2, 0.25) is 5.02 Å². The van der Waals surface area contributed by atoms with Crippen LogP contribution in [0.3, 0.4) is 0 Å². The number of anilines is 2. The van der Waals surface area contributed by atoms with Crippen LogP contribution in [0.5, 0.6) is 0 Å². The van der Waals surface area contributed by atoms with Crippen molar-refractivity contribution in [1.29, 1.82) is 0 Å². The van der Waals surface area contributed by atoms with E-state index < -0.39 is 0 Å². The maximum absolute atomic E-state index is 13.8. The molecule has 2 heterocycles. The molecule has 138 valence electrons. The molecule has 0 bridgehead atoms. The van der Waals surface area contributed by atoms with Crippen molar-refractivity contribution in [1.82, 2.24) is 5.32 Å². The first-order valence-corrected chi connectivity index (χ1v) is 9.51. The number of hydrogen-bond acceptors (Lipinski definition) is 4. The van der Waals surface area contributed by atoms with Crippen LogP contribution in [0.1, 0.15) is 9.67 Å². The number of benzene rings is 2. The lowest BCUT2D eigenvalue weighted by Crippen LogP contribution is -2.47. The SMILES string of the molecule is O=C1CN(c2ccc(NC(=O)c3cc4c(F)cccc4s3)cc2Cl)CCN1. The molecule has 27 heavy (non-hydrogen) atoms. The van der Waals surface area contributed by atoms with Gasteiger partial charge in [0.1, 0.15) is 5.82 Å². The highest BCUT2D eigenvalue weighted by Crippen LogP contribution is 2.31. The summed E-state index contributed by atoms with van der Waals surface area (Å²) in [6, 6.07) is 11.5. The number of thiophene rings is 1. The summed E-state index contributed by atoms with van der Waals surface area (Å²) in [7, 11) is 0. The second-order valence-electron chi connectivity index (χ2n) is 6.15. The van der Waals surface area contributed by atoms with E-state index in [0.29, 0.717) is 34.1 Å². The molecule has 1 aliphatic heterocycles. The van der Waals surface area contributed by atoms with Gasteiger partial charge in [0, 0.05) is 28.9 Å². The van der Waals surface area contributed by atoms with E-state index in [1.807, 2.05) is 4.90 Å². The van der Waals surface area contributed by atoms with Crippen LogP contribution in [-0.4, -0.2) is 31.4 Å². The van der Waals surface area contributed by atoms with Gasteiger partial charge in [-0.3, -0.25) is 9.59 Å². The first-order chi connectivity index (χ1) is 13.0. The van der Waals surface area contributed by atoms with Crippen LogP contribution in [0, 0.1) is 5.82 Å². The van der Waals surface area contributed by atoms with Gasteiger partial charge >= 0.3 is 0 Å². The number of carbonyl (C=O) groups excluding carboxylic acids is 2. The summed E-state index contributed by atoms with van der Waals surface area (Å²) < 4.78 is 14.5. The minimum Gasteiger partial charge on any atom is -0.359 e. The molecule has 8 heteroatoms. The van der Waals surface area contributed by atoms with E-state index in [1.165, 1.54) is 17.4 Å². The third-order valence-corrected chi connectivity index (χ3v) is 5.72. The van der Waals surface area contributed by atoms with Crippen molar-refractivity contribution in [2.24, 2.45) is 0 Å². The molecule has 2 aromatic carbocycles. The van der Waals surface area contributed by atoms with Crippen molar-refractivity contribution < 1.29 is 14.0 Å². The molecule has 5 nitrogen and oxygen atoms in total. The van der Waals surface area contributed by atoms with Crippen LogP contribution < -0.4 is 15.5 Å². The Morgan fingerprint density at radius 1 is 1.26 bits per heavy atom. The minimum absolute atomic E-state index is 0.0494. The van der Waals surface area contributed by atoms with Gasteiger partial charge in [-0.2, -0.15) is 0 Å². The van der Waals surface area contributed by atoms with Crippen molar-refractivity contribution in [2.45, 2.75) is 0 Å². The van der Waals surface area contributed by atoms with E-state index in [9.17, 15) is 14.0 Å². The number of halogens is 2. The molecule has 2 N–H and O–H groups in total. The average molecular weight is 404 g/mol. The molecule has 0 saturated carbocycles. The molecule has 1 fully saturated rings. The van der Waals surface area contributed by atoms with E-state index in [-0.39, 0.29) is 24.2 Å². The number of hydrogen-bond donors (Lipinski definition) is 2. The van der Waals surface area contributed by atoms with Crippen molar-refractivity contribution in [3.8, 4) is 0 Å². The first kappa shape index (κ1) is 17.8. The molecule has 0 aliphatic carbocycles. The smallest absolute Gasteiger partial charge is 0.265 e. The highest BCUT2D eigenvalue weighted by atomic mass is 35.5. The second-order valence-corrected chi connectivity index (χ2v) is 7.65. The van der Waals surface area contributed by atoms with E-state index >= 15 is 0 Å². The Labute approximate surface area is 163 Å². The van der Waals surface area contributed by atoms with Gasteiger partial charge < -0.3 is 15.5 Å². The summed E-state index contributed by atoms with van der Waals surface area (Å²) in [6.45, 7) is 1.49. The zero-order chi connectivity index (χ0) is 19.0. The maximum atomic E-state index is 13.8. The summed E-state index contributed by atoms with van der Waals surface area (Å²) in [5.74, 6) is -0.718. The topological polar surface area (TPSA) is 61.4 Å². The molecule has 0 radical (unpaired) electrons. The van der Waals surface area contributed by atoms with Crippen LogP contribution in [0.4, 0.5) is 15.8 Å². The minimum atomic E-state index is -0.347. The molecule has 1 saturated heterocycles. The number of piperazine rings is 1. The van der Waals surface area contributed by atoms with Crippen LogP contribution in [0.25, 0.3) is 10.1 Å². The van der Waals surface area contributed by atoms with Gasteiger partial charge in [0.25, 0.3) is 5.91 Å². The molecule has 0 atom stereocenters. The fraction of sp³-hybridized carbons (Fsp3) is 0.158. The Kier molecular flexibility index (Phi) is 4.72. The molecule has 4 rings (SSSR count). The van der Waals surface area contributed by atoms with Gasteiger partial charge in [-0.15, -0.1) is 11.3 Å². The maximum Gasteiger partial charge on any atom is 0.265 e. The number of nitrogens with zero attached hydrogens (tertiary/aromatic N) is 1. The Morgan fingerprint density at radius 2 is 2.11 bits per heavy atom. The van der Waals surface area contributed by atoms with Crippen molar-refractivity contribution in [2.75, 3.05) is 29.9 Å². The number of rotatable bonds is 3. The van der Waals surface area contributed by atoms with E-state index in [4.69, 9.17) is 11.6 Å². The second kappa shape index (κ2) is 7.17. The number of nitrogens with one attached hydrogen (secondary N) is 2. The zero-order valence-electron chi connectivity index (χ0n) is 14.1. The monoisotopic (exact) mass is 403 g/mol. The third-order valence-electron chi connectivity index (χ3n) is 4.32. The van der Waals surface area contributed by atoms with Gasteiger partial charge in [-0.1, -0.05) is 17.7 Å². The molecule has 2 amide bonds. The Morgan fingerprint density at radius 3 is 2.85 bits per heavy atom. The van der Waals surface area contributed by atoms with Gasteiger partial charge in [0.2, 0.25) is 5.91 Å². The number of amides is 2. The summed E-state index contributed by atoms with van der Waals surface area (Å²) in [5, 5.41) is 6.43. The van der Waals surface area contributed by atoms with E-state index in [1.54, 1.807) is 36.4 Å². The lowest BCUT2D eigenvalue weighted by Gasteiger charge is -2.29. The fourth-order valence-electron chi connectivity index (χ4n) is 3.02. The fourth-order valence-corrected chi connectivity index (χ4v) is 4.29. The molecule has 1 aromatic heterocycles. The predicted molar refractivity (Wildman–Crippen MR) is 106 cm³/mol. The standard InChI is InChI=1S/C19H15ClFN3O2S/c20-13-8-11(4-5-15(13)24-7-6-22-18(25)10-24)23-19(26)17-9-12-14(21)2-1-3-16(12)27-17/h1-5,8-9H,6-7,10H2,(H,22,25)(H,23,26). The largest absolute Gasteiger partial charge is 0.359 e. The van der Waals surface area contributed by atoms with Crippen molar-refractivity contribution in [3.05, 3.63) is 58.2 Å². The van der Waals surface area contributed by atoms with Crippen molar-refractivity contribution >= 4 is 56.2 Å². The molecular weight excluding hydrogens is 389 g/mol. The molecule has 3 aromatic rings. The van der Waals surface area contributed by atoms with Gasteiger partial charge in [-0.05, 0) is 36.4 Å². The summed E-state index contributed by atoms with van der Waals surface area (Å²) in [6.07, 6.45) is 0. The van der Waals surface area contributed by atoms with E-state index in [0.717, 1.165) is 10.4 Å². The Balaban J connectivity index is 1.53. The highest BCUT2D eigenvalue weighted by molar-refractivity contribution is 7.20. The summed E-state index contributed by atoms with van der Waals surface area (Å²) in [5.41, 5.74) is 1.28. The molecule has 1 aliphatic rings. The predicted octanol–water partition coefficient (Wildman–Crippen LogP) is 3.88. The summed E-state index contributed by atoms with van der Waals surface area (Å²) >= 11 is 7.58. The Hall–Kier alpha value is -2.64. The highest BCUT2D eigenvalue weighted by Gasteiger charge is 2.19. The van der Waals surface area contributed by atoms with Gasteiger partial charge in [-0.25, -0.2) is 4.39 Å². The lowest BCUT2D eigenvalue weighted by molar-refractivity contribution is -0.120. The molecular formula is C19H15ClFN3O2S. The lowest BCUT2D eigenvalue weighted by atomic mass is 10.2. The molecule has 0 unspecified atom stereocenters. The van der Waals surface area contributed by atoms with Gasteiger partial charge in [0.05, 0.1) is 22.1 Å². The average Bonchev–Trinajstić information content (AvgIpc) is 3.08. The van der Waals surface area contributed by atoms with Crippen LogP contribution in [-0.2, 0) is 4.79 Å². The van der Waals surface area contributed by atoms with Crippen LogP contribution >= 0.6 is 22.9 Å².